The second-order valence-electron chi connectivity index (χ2n) is 11.0. The lowest BCUT2D eigenvalue weighted by Gasteiger charge is -2.50. The number of nitrogens with zero attached hydrogens (tertiary/aromatic N) is 3. The SMILES string of the molecule is CCOC(=O)N1C2CCC1CC(N1CCC3(CC[C@H](NC(=O)N(C)C)c4ccccc43)CC1)C2. The summed E-state index contributed by atoms with van der Waals surface area (Å²) in [5.41, 5.74) is 2.97. The third kappa shape index (κ3) is 4.16. The summed E-state index contributed by atoms with van der Waals surface area (Å²) < 4.78 is 5.34. The van der Waals surface area contributed by atoms with Crippen molar-refractivity contribution in [1.29, 1.82) is 0 Å². The van der Waals surface area contributed by atoms with Crippen LogP contribution in [-0.2, 0) is 10.2 Å². The molecule has 7 heteroatoms. The lowest BCUT2D eigenvalue weighted by Crippen LogP contribution is -2.55. The molecule has 0 aromatic heterocycles. The summed E-state index contributed by atoms with van der Waals surface area (Å²) >= 11 is 0. The molecule has 1 N–H and O–H groups in total. The zero-order valence-electron chi connectivity index (χ0n) is 21.0. The summed E-state index contributed by atoms with van der Waals surface area (Å²) in [6.07, 6.45) is 8.76. The average molecular weight is 469 g/mol. The highest BCUT2D eigenvalue weighted by Gasteiger charge is 2.48. The van der Waals surface area contributed by atoms with Gasteiger partial charge < -0.3 is 24.8 Å². The molecule has 3 amide bonds. The second kappa shape index (κ2) is 9.40. The Kier molecular flexibility index (Phi) is 6.49. The number of amides is 3. The minimum atomic E-state index is -0.110. The van der Waals surface area contributed by atoms with Crippen molar-refractivity contribution < 1.29 is 14.3 Å². The molecular formula is C27H40N4O3. The highest BCUT2D eigenvalue weighted by Crippen LogP contribution is 2.49. The molecule has 5 rings (SSSR count). The van der Waals surface area contributed by atoms with E-state index in [0.29, 0.717) is 24.7 Å². The van der Waals surface area contributed by atoms with Crippen LogP contribution in [0.1, 0.15) is 75.5 Å². The number of carbonyl (C=O) groups excluding carboxylic acids is 2. The standard InChI is InChI=1S/C27H40N4O3/c1-4-34-26(33)31-19-9-10-20(31)18-21(17-19)30-15-13-27(14-16-30)12-11-24(28-25(32)29(2)3)22-7-5-6-8-23(22)27/h5-8,19-21,24H,4,9-18H2,1-3H3,(H,28,32)/t19?,20?,21?,24-/m0/s1. The molecule has 34 heavy (non-hydrogen) atoms. The van der Waals surface area contributed by atoms with Crippen LogP contribution in [0, 0.1) is 0 Å². The van der Waals surface area contributed by atoms with Gasteiger partial charge in [0.1, 0.15) is 0 Å². The number of fused-ring (bicyclic) bond motifs is 4. The van der Waals surface area contributed by atoms with E-state index >= 15 is 0 Å². The fraction of sp³-hybridized carbons (Fsp3) is 0.704. The minimum Gasteiger partial charge on any atom is -0.450 e. The van der Waals surface area contributed by atoms with Crippen molar-refractivity contribution in [1.82, 2.24) is 20.0 Å². The Hall–Kier alpha value is -2.28. The van der Waals surface area contributed by atoms with Crippen molar-refractivity contribution in [3.8, 4) is 0 Å². The molecule has 0 radical (unpaired) electrons. The zero-order chi connectivity index (χ0) is 23.9. The van der Waals surface area contributed by atoms with Gasteiger partial charge in [0.05, 0.1) is 12.6 Å². The van der Waals surface area contributed by atoms with Gasteiger partial charge in [-0.1, -0.05) is 24.3 Å². The fourth-order valence-corrected chi connectivity index (χ4v) is 7.20. The Morgan fingerprint density at radius 3 is 2.35 bits per heavy atom. The van der Waals surface area contributed by atoms with Crippen LogP contribution in [0.15, 0.2) is 24.3 Å². The summed E-state index contributed by atoms with van der Waals surface area (Å²) in [7, 11) is 3.59. The molecule has 3 aliphatic heterocycles. The predicted octanol–water partition coefficient (Wildman–Crippen LogP) is 4.28. The van der Waals surface area contributed by atoms with Crippen LogP contribution < -0.4 is 5.32 Å². The van der Waals surface area contributed by atoms with Crippen molar-refractivity contribution in [3.63, 3.8) is 0 Å². The number of benzene rings is 1. The van der Waals surface area contributed by atoms with Crippen LogP contribution in [0.5, 0.6) is 0 Å². The molecule has 1 aromatic carbocycles. The van der Waals surface area contributed by atoms with Crippen LogP contribution in [0.2, 0.25) is 0 Å². The lowest BCUT2D eigenvalue weighted by molar-refractivity contribution is 0.0247. The summed E-state index contributed by atoms with van der Waals surface area (Å²) in [6, 6.07) is 10.1. The Labute approximate surface area is 203 Å². The number of hydrogen-bond acceptors (Lipinski definition) is 4. The smallest absolute Gasteiger partial charge is 0.410 e. The van der Waals surface area contributed by atoms with Gasteiger partial charge in [0.15, 0.2) is 0 Å². The van der Waals surface area contributed by atoms with Gasteiger partial charge in [-0.15, -0.1) is 0 Å². The van der Waals surface area contributed by atoms with E-state index in [2.05, 4.69) is 34.5 Å². The molecule has 1 aromatic rings. The average Bonchev–Trinajstić information content (AvgIpc) is 3.11. The molecule has 4 aliphatic rings. The van der Waals surface area contributed by atoms with Gasteiger partial charge in [0, 0.05) is 32.2 Å². The van der Waals surface area contributed by atoms with Crippen molar-refractivity contribution in [2.75, 3.05) is 33.8 Å². The van der Waals surface area contributed by atoms with Gasteiger partial charge in [0.2, 0.25) is 0 Å². The first-order valence-electron chi connectivity index (χ1n) is 13.2. The van der Waals surface area contributed by atoms with Gasteiger partial charge in [-0.3, -0.25) is 0 Å². The molecule has 1 spiro atoms. The van der Waals surface area contributed by atoms with E-state index in [4.69, 9.17) is 4.74 Å². The topological polar surface area (TPSA) is 65.1 Å². The van der Waals surface area contributed by atoms with E-state index in [-0.39, 0.29) is 23.6 Å². The zero-order valence-corrected chi connectivity index (χ0v) is 21.0. The maximum Gasteiger partial charge on any atom is 0.410 e. The molecule has 7 nitrogen and oxygen atoms in total. The normalized spacial score (nSPS) is 30.0. The number of rotatable bonds is 3. The van der Waals surface area contributed by atoms with E-state index in [0.717, 1.165) is 51.6 Å². The van der Waals surface area contributed by atoms with Crippen molar-refractivity contribution >= 4 is 12.1 Å². The summed E-state index contributed by atoms with van der Waals surface area (Å²) in [4.78, 5) is 31.2. The molecule has 3 saturated heterocycles. The van der Waals surface area contributed by atoms with Gasteiger partial charge >= 0.3 is 12.1 Å². The first kappa shape index (κ1) is 23.5. The van der Waals surface area contributed by atoms with Gasteiger partial charge in [-0.2, -0.15) is 0 Å². The van der Waals surface area contributed by atoms with Crippen LogP contribution >= 0.6 is 0 Å². The minimum absolute atomic E-state index is 0.0191. The van der Waals surface area contributed by atoms with Crippen LogP contribution in [0.25, 0.3) is 0 Å². The Balaban J connectivity index is 1.25. The highest BCUT2D eigenvalue weighted by molar-refractivity contribution is 5.74. The molecule has 1 aliphatic carbocycles. The highest BCUT2D eigenvalue weighted by atomic mass is 16.6. The number of nitrogens with one attached hydrogen (secondary N) is 1. The number of likely N-dealkylation sites (tertiary alicyclic amines) is 1. The number of hydrogen-bond donors (Lipinski definition) is 1. The number of carbonyl (C=O) groups is 2. The number of piperidine rings is 2. The first-order chi connectivity index (χ1) is 16.4. The van der Waals surface area contributed by atoms with E-state index in [9.17, 15) is 9.59 Å². The van der Waals surface area contributed by atoms with E-state index in [1.54, 1.807) is 19.0 Å². The predicted molar refractivity (Wildman–Crippen MR) is 132 cm³/mol. The van der Waals surface area contributed by atoms with Crippen LogP contribution in [0.4, 0.5) is 9.59 Å². The Bertz CT molecular complexity index is 897. The number of ether oxygens (including phenoxy) is 1. The maximum atomic E-state index is 12.5. The molecule has 2 unspecified atom stereocenters. The Morgan fingerprint density at radius 1 is 1.03 bits per heavy atom. The van der Waals surface area contributed by atoms with Crippen LogP contribution in [0.3, 0.4) is 0 Å². The fourth-order valence-electron chi connectivity index (χ4n) is 7.20. The quantitative estimate of drug-likeness (QED) is 0.719. The van der Waals surface area contributed by atoms with E-state index in [1.807, 2.05) is 11.8 Å². The number of urea groups is 1. The molecule has 186 valence electrons. The summed E-state index contributed by atoms with van der Waals surface area (Å²) in [5.74, 6) is 0. The molecule has 2 bridgehead atoms. The largest absolute Gasteiger partial charge is 0.450 e. The van der Waals surface area contributed by atoms with E-state index in [1.165, 1.54) is 24.0 Å². The van der Waals surface area contributed by atoms with Gasteiger partial charge in [-0.25, -0.2) is 9.59 Å². The van der Waals surface area contributed by atoms with Crippen molar-refractivity contribution in [3.05, 3.63) is 35.4 Å². The van der Waals surface area contributed by atoms with Crippen LogP contribution in [-0.4, -0.2) is 78.7 Å². The van der Waals surface area contributed by atoms with Gasteiger partial charge in [0.25, 0.3) is 0 Å². The molecular weight excluding hydrogens is 428 g/mol. The lowest BCUT2D eigenvalue weighted by atomic mass is 9.63. The van der Waals surface area contributed by atoms with Crippen molar-refractivity contribution in [2.45, 2.75) is 87.9 Å². The molecule has 3 fully saturated rings. The third-order valence-electron chi connectivity index (χ3n) is 8.98. The first-order valence-corrected chi connectivity index (χ1v) is 13.2. The van der Waals surface area contributed by atoms with E-state index < -0.39 is 0 Å². The molecule has 3 atom stereocenters. The maximum absolute atomic E-state index is 12.5. The Morgan fingerprint density at radius 2 is 1.71 bits per heavy atom. The van der Waals surface area contributed by atoms with Crippen molar-refractivity contribution in [2.24, 2.45) is 0 Å². The van der Waals surface area contributed by atoms with Gasteiger partial charge in [-0.05, 0) is 87.9 Å². The summed E-state index contributed by atoms with van der Waals surface area (Å²) in [5, 5.41) is 3.23. The monoisotopic (exact) mass is 468 g/mol. The molecule has 3 heterocycles. The molecule has 0 saturated carbocycles. The second-order valence-corrected chi connectivity index (χ2v) is 11.0. The summed E-state index contributed by atoms with van der Waals surface area (Å²) in [6.45, 7) is 4.57. The third-order valence-corrected chi connectivity index (χ3v) is 8.98.